The smallest absolute Gasteiger partial charge is 0.312 e. The van der Waals surface area contributed by atoms with Gasteiger partial charge >= 0.3 is 5.97 Å². The number of ether oxygens (including phenoxy) is 2. The van der Waals surface area contributed by atoms with Gasteiger partial charge in [0.1, 0.15) is 6.10 Å². The third kappa shape index (κ3) is 3.53. The van der Waals surface area contributed by atoms with Crippen molar-refractivity contribution in [2.75, 3.05) is 6.61 Å². The molecule has 3 atom stereocenters. The topological polar surface area (TPSA) is 47.6 Å². The zero-order valence-corrected chi connectivity index (χ0v) is 13.7. The van der Waals surface area contributed by atoms with Gasteiger partial charge in [-0.2, -0.15) is 0 Å². The summed E-state index contributed by atoms with van der Waals surface area (Å²) in [6.07, 6.45) is 1.69. The molecule has 2 saturated heterocycles. The molecule has 3 unspecified atom stereocenters. The van der Waals surface area contributed by atoms with Gasteiger partial charge in [-0.05, 0) is 40.5 Å². The first kappa shape index (κ1) is 15.8. The first-order valence-corrected chi connectivity index (χ1v) is 7.71. The van der Waals surface area contributed by atoms with Crippen molar-refractivity contribution in [1.29, 1.82) is 0 Å². The SMILES string of the molecule is CC1COC(C)C1C(=O)OC1CC(C)(C)NC(C)(C)C1. The van der Waals surface area contributed by atoms with Gasteiger partial charge in [0.15, 0.2) is 0 Å². The van der Waals surface area contributed by atoms with Gasteiger partial charge in [-0.15, -0.1) is 0 Å². The van der Waals surface area contributed by atoms with Gasteiger partial charge in [-0.25, -0.2) is 0 Å². The summed E-state index contributed by atoms with van der Waals surface area (Å²) in [7, 11) is 0. The molecule has 0 aromatic rings. The van der Waals surface area contributed by atoms with E-state index in [0.717, 1.165) is 12.8 Å². The number of esters is 1. The molecule has 2 aliphatic heterocycles. The van der Waals surface area contributed by atoms with Gasteiger partial charge in [-0.3, -0.25) is 4.79 Å². The summed E-state index contributed by atoms with van der Waals surface area (Å²) in [5, 5.41) is 3.61. The fraction of sp³-hybridized carbons (Fsp3) is 0.938. The van der Waals surface area contributed by atoms with Crippen LogP contribution in [0.1, 0.15) is 54.4 Å². The van der Waals surface area contributed by atoms with Gasteiger partial charge in [0.05, 0.1) is 18.6 Å². The Kier molecular flexibility index (Phi) is 4.18. The molecule has 0 saturated carbocycles. The lowest BCUT2D eigenvalue weighted by atomic mass is 9.81. The molecule has 2 aliphatic rings. The second kappa shape index (κ2) is 5.30. The lowest BCUT2D eigenvalue weighted by Crippen LogP contribution is -2.60. The minimum absolute atomic E-state index is 0.00386. The molecule has 0 aliphatic carbocycles. The van der Waals surface area contributed by atoms with Crippen LogP contribution in [-0.4, -0.2) is 35.9 Å². The Hall–Kier alpha value is -0.610. The maximum atomic E-state index is 12.4. The van der Waals surface area contributed by atoms with Crippen LogP contribution >= 0.6 is 0 Å². The van der Waals surface area contributed by atoms with Crippen molar-refractivity contribution in [3.05, 3.63) is 0 Å². The number of rotatable bonds is 2. The van der Waals surface area contributed by atoms with E-state index in [1.807, 2.05) is 6.92 Å². The Morgan fingerprint density at radius 1 is 1.15 bits per heavy atom. The van der Waals surface area contributed by atoms with E-state index in [1.54, 1.807) is 0 Å². The van der Waals surface area contributed by atoms with E-state index in [1.165, 1.54) is 0 Å². The third-order valence-electron chi connectivity index (χ3n) is 4.45. The standard InChI is InChI=1S/C16H29NO3/c1-10-9-19-11(2)13(10)14(18)20-12-7-15(3,4)17-16(5,6)8-12/h10-13,17H,7-9H2,1-6H3. The van der Waals surface area contributed by atoms with Crippen LogP contribution in [-0.2, 0) is 14.3 Å². The predicted octanol–water partition coefficient (Wildman–Crippen LogP) is 2.51. The molecule has 2 rings (SSSR count). The Labute approximate surface area is 122 Å². The van der Waals surface area contributed by atoms with Crippen LogP contribution in [0.5, 0.6) is 0 Å². The number of carbonyl (C=O) groups is 1. The average molecular weight is 283 g/mol. The second-order valence-electron chi connectivity index (χ2n) is 7.90. The summed E-state index contributed by atoms with van der Waals surface area (Å²) in [5.41, 5.74) is -0.00773. The van der Waals surface area contributed by atoms with E-state index >= 15 is 0 Å². The zero-order chi connectivity index (χ0) is 15.1. The average Bonchev–Trinajstić information content (AvgIpc) is 2.53. The summed E-state index contributed by atoms with van der Waals surface area (Å²) in [5.74, 6) is 0.0531. The fourth-order valence-corrected chi connectivity index (χ4v) is 3.95. The van der Waals surface area contributed by atoms with Crippen LogP contribution < -0.4 is 5.32 Å². The summed E-state index contributed by atoms with van der Waals surface area (Å²) in [4.78, 5) is 12.4. The molecule has 0 radical (unpaired) electrons. The van der Waals surface area contributed by atoms with E-state index in [2.05, 4.69) is 39.9 Å². The summed E-state index contributed by atoms with van der Waals surface area (Å²) < 4.78 is 11.4. The highest BCUT2D eigenvalue weighted by atomic mass is 16.6. The summed E-state index contributed by atoms with van der Waals surface area (Å²) in [6, 6.07) is 0. The first-order valence-electron chi connectivity index (χ1n) is 7.71. The highest BCUT2D eigenvalue weighted by molar-refractivity contribution is 5.74. The van der Waals surface area contributed by atoms with Crippen LogP contribution in [0.15, 0.2) is 0 Å². The van der Waals surface area contributed by atoms with E-state index in [4.69, 9.17) is 9.47 Å². The van der Waals surface area contributed by atoms with E-state index in [0.29, 0.717) is 6.61 Å². The Morgan fingerprint density at radius 2 is 1.70 bits per heavy atom. The van der Waals surface area contributed by atoms with Crippen molar-refractivity contribution in [2.45, 2.75) is 77.7 Å². The molecule has 116 valence electrons. The largest absolute Gasteiger partial charge is 0.462 e. The summed E-state index contributed by atoms with van der Waals surface area (Å²) >= 11 is 0. The minimum atomic E-state index is -0.115. The zero-order valence-electron chi connectivity index (χ0n) is 13.7. The van der Waals surface area contributed by atoms with Crippen molar-refractivity contribution in [3.63, 3.8) is 0 Å². The highest BCUT2D eigenvalue weighted by Crippen LogP contribution is 2.33. The van der Waals surface area contributed by atoms with Crippen LogP contribution in [0.2, 0.25) is 0 Å². The molecule has 0 bridgehead atoms. The van der Waals surface area contributed by atoms with E-state index < -0.39 is 0 Å². The van der Waals surface area contributed by atoms with Crippen LogP contribution in [0.3, 0.4) is 0 Å². The molecule has 1 N–H and O–H groups in total. The Morgan fingerprint density at radius 3 is 2.15 bits per heavy atom. The Balaban J connectivity index is 2.00. The molecule has 4 nitrogen and oxygen atoms in total. The van der Waals surface area contributed by atoms with E-state index in [-0.39, 0.29) is 41.1 Å². The molecule has 0 spiro atoms. The predicted molar refractivity (Wildman–Crippen MR) is 78.5 cm³/mol. The number of carbonyl (C=O) groups excluding carboxylic acids is 1. The van der Waals surface area contributed by atoms with Crippen LogP contribution in [0, 0.1) is 11.8 Å². The van der Waals surface area contributed by atoms with Gasteiger partial charge in [0.2, 0.25) is 0 Å². The normalized spacial score (nSPS) is 36.8. The van der Waals surface area contributed by atoms with Gasteiger partial charge in [0, 0.05) is 23.9 Å². The van der Waals surface area contributed by atoms with Crippen molar-refractivity contribution < 1.29 is 14.3 Å². The molecule has 2 fully saturated rings. The monoisotopic (exact) mass is 283 g/mol. The molecule has 0 aromatic heterocycles. The van der Waals surface area contributed by atoms with Crippen molar-refractivity contribution >= 4 is 5.97 Å². The van der Waals surface area contributed by atoms with Crippen LogP contribution in [0.25, 0.3) is 0 Å². The number of nitrogens with one attached hydrogen (secondary N) is 1. The van der Waals surface area contributed by atoms with E-state index in [9.17, 15) is 4.79 Å². The second-order valence-corrected chi connectivity index (χ2v) is 7.90. The molecular weight excluding hydrogens is 254 g/mol. The molecule has 2 heterocycles. The van der Waals surface area contributed by atoms with Gasteiger partial charge in [-0.1, -0.05) is 6.92 Å². The fourth-order valence-electron chi connectivity index (χ4n) is 3.95. The number of hydrogen-bond donors (Lipinski definition) is 1. The van der Waals surface area contributed by atoms with Crippen molar-refractivity contribution in [2.24, 2.45) is 11.8 Å². The van der Waals surface area contributed by atoms with Gasteiger partial charge < -0.3 is 14.8 Å². The van der Waals surface area contributed by atoms with Gasteiger partial charge in [0.25, 0.3) is 0 Å². The Bertz CT molecular complexity index is 352. The maximum absolute atomic E-state index is 12.4. The number of hydrogen-bond acceptors (Lipinski definition) is 4. The maximum Gasteiger partial charge on any atom is 0.312 e. The van der Waals surface area contributed by atoms with Crippen molar-refractivity contribution in [3.8, 4) is 0 Å². The molecule has 0 aromatic carbocycles. The quantitative estimate of drug-likeness (QED) is 0.791. The van der Waals surface area contributed by atoms with Crippen LogP contribution in [0.4, 0.5) is 0 Å². The number of piperidine rings is 1. The minimum Gasteiger partial charge on any atom is -0.462 e. The highest BCUT2D eigenvalue weighted by Gasteiger charge is 2.43. The molecular formula is C16H29NO3. The molecule has 20 heavy (non-hydrogen) atoms. The van der Waals surface area contributed by atoms with Crippen molar-refractivity contribution in [1.82, 2.24) is 5.32 Å². The summed E-state index contributed by atoms with van der Waals surface area (Å²) in [6.45, 7) is 13.3. The third-order valence-corrected chi connectivity index (χ3v) is 4.45. The molecule has 0 amide bonds. The lowest BCUT2D eigenvalue weighted by molar-refractivity contribution is -0.160. The molecule has 4 heteroatoms. The lowest BCUT2D eigenvalue weighted by Gasteiger charge is -2.46. The first-order chi connectivity index (χ1) is 9.10.